The van der Waals surface area contributed by atoms with E-state index in [2.05, 4.69) is 51.7 Å². The van der Waals surface area contributed by atoms with Crippen molar-refractivity contribution in [1.29, 1.82) is 0 Å². The maximum Gasteiger partial charge on any atom is 0.253 e. The highest BCUT2D eigenvalue weighted by Crippen LogP contribution is 2.22. The number of rotatable bonds is 4. The molecule has 5 heteroatoms. The van der Waals surface area contributed by atoms with Gasteiger partial charge in [-0.05, 0) is 50.1 Å². The van der Waals surface area contributed by atoms with Gasteiger partial charge in [-0.2, -0.15) is 0 Å². The summed E-state index contributed by atoms with van der Waals surface area (Å²) < 4.78 is 0. The van der Waals surface area contributed by atoms with E-state index in [0.29, 0.717) is 11.6 Å². The van der Waals surface area contributed by atoms with Gasteiger partial charge >= 0.3 is 0 Å². The molecule has 1 saturated heterocycles. The van der Waals surface area contributed by atoms with Gasteiger partial charge in [0.15, 0.2) is 0 Å². The predicted molar refractivity (Wildman–Crippen MR) is 102 cm³/mol. The minimum Gasteiger partial charge on any atom is -0.378 e. The maximum absolute atomic E-state index is 12.6. The zero-order valence-electron chi connectivity index (χ0n) is 15.1. The lowest BCUT2D eigenvalue weighted by molar-refractivity contribution is 0.0925. The third-order valence-electron chi connectivity index (χ3n) is 4.68. The van der Waals surface area contributed by atoms with Gasteiger partial charge in [-0.25, -0.2) is 0 Å². The fourth-order valence-electron chi connectivity index (χ4n) is 3.21. The van der Waals surface area contributed by atoms with Crippen LogP contribution < -0.4 is 15.5 Å². The zero-order chi connectivity index (χ0) is 17.8. The number of hydrogen-bond donors (Lipinski definition) is 2. The summed E-state index contributed by atoms with van der Waals surface area (Å²) in [5.41, 5.74) is 3.77. The molecule has 2 aromatic rings. The molecule has 132 valence electrons. The minimum atomic E-state index is -0.0432. The molecule has 0 radical (unpaired) electrons. The number of hydrogen-bond acceptors (Lipinski definition) is 4. The standard InChI is InChI=1S/C20H26N4O/c1-14-10-18(8-9-22-14)23-20(25)17-11-16(12-21-13-17)15-4-6-19(7-5-15)24(2)3/h4-7,11-14,18,22H,8-10H2,1-3H3,(H,23,25). The fourth-order valence-corrected chi connectivity index (χ4v) is 3.21. The number of aromatic nitrogens is 1. The zero-order valence-corrected chi connectivity index (χ0v) is 15.1. The number of nitrogens with one attached hydrogen (secondary N) is 2. The number of benzene rings is 1. The van der Waals surface area contributed by atoms with Crippen molar-refractivity contribution in [2.45, 2.75) is 31.8 Å². The molecule has 0 aliphatic carbocycles. The summed E-state index contributed by atoms with van der Waals surface area (Å²) in [7, 11) is 4.03. The van der Waals surface area contributed by atoms with Crippen molar-refractivity contribution in [3.8, 4) is 11.1 Å². The van der Waals surface area contributed by atoms with Gasteiger partial charge in [0.05, 0.1) is 5.56 Å². The Morgan fingerprint density at radius 3 is 2.64 bits per heavy atom. The average Bonchev–Trinajstić information content (AvgIpc) is 2.62. The lowest BCUT2D eigenvalue weighted by Crippen LogP contribution is -2.46. The van der Waals surface area contributed by atoms with Crippen molar-refractivity contribution >= 4 is 11.6 Å². The second-order valence-corrected chi connectivity index (χ2v) is 6.95. The Bertz CT molecular complexity index is 727. The van der Waals surface area contributed by atoms with Gasteiger partial charge in [-0.15, -0.1) is 0 Å². The molecule has 0 spiro atoms. The third-order valence-corrected chi connectivity index (χ3v) is 4.68. The Morgan fingerprint density at radius 1 is 1.20 bits per heavy atom. The summed E-state index contributed by atoms with van der Waals surface area (Å²) in [5.74, 6) is -0.0432. The van der Waals surface area contributed by atoms with Gasteiger partial charge in [-0.3, -0.25) is 9.78 Å². The molecule has 1 aromatic heterocycles. The Balaban J connectivity index is 1.73. The summed E-state index contributed by atoms with van der Waals surface area (Å²) in [5, 5.41) is 6.54. The number of amides is 1. The van der Waals surface area contributed by atoms with Gasteiger partial charge in [0.25, 0.3) is 5.91 Å². The van der Waals surface area contributed by atoms with E-state index in [1.165, 1.54) is 0 Å². The smallest absolute Gasteiger partial charge is 0.253 e. The van der Waals surface area contributed by atoms with Crippen molar-refractivity contribution < 1.29 is 4.79 Å². The van der Waals surface area contributed by atoms with Crippen LogP contribution in [0.3, 0.4) is 0 Å². The van der Waals surface area contributed by atoms with Crippen LogP contribution in [0.25, 0.3) is 11.1 Å². The molecule has 0 bridgehead atoms. The first-order valence-corrected chi connectivity index (χ1v) is 8.80. The van der Waals surface area contributed by atoms with Crippen molar-refractivity contribution in [2.75, 3.05) is 25.5 Å². The summed E-state index contributed by atoms with van der Waals surface area (Å²) in [6, 6.07) is 10.8. The molecule has 1 amide bonds. The lowest BCUT2D eigenvalue weighted by Gasteiger charge is -2.28. The molecule has 2 unspecified atom stereocenters. The molecule has 1 aromatic carbocycles. The number of piperidine rings is 1. The first-order chi connectivity index (χ1) is 12.0. The summed E-state index contributed by atoms with van der Waals surface area (Å²) in [4.78, 5) is 18.9. The Hall–Kier alpha value is -2.40. The highest BCUT2D eigenvalue weighted by Gasteiger charge is 2.20. The van der Waals surface area contributed by atoms with Gasteiger partial charge in [0.2, 0.25) is 0 Å². The van der Waals surface area contributed by atoms with E-state index in [1.54, 1.807) is 12.4 Å². The monoisotopic (exact) mass is 338 g/mol. The van der Waals surface area contributed by atoms with Gasteiger partial charge in [0, 0.05) is 49.8 Å². The van der Waals surface area contributed by atoms with Gasteiger partial charge in [-0.1, -0.05) is 12.1 Å². The molecular formula is C20H26N4O. The molecule has 1 aliphatic rings. The second kappa shape index (κ2) is 7.66. The normalized spacial score (nSPS) is 20.1. The maximum atomic E-state index is 12.6. The molecule has 2 N–H and O–H groups in total. The van der Waals surface area contributed by atoms with Gasteiger partial charge < -0.3 is 15.5 Å². The van der Waals surface area contributed by atoms with Crippen LogP contribution in [-0.4, -0.2) is 43.6 Å². The number of carbonyl (C=O) groups excluding carboxylic acids is 1. The van der Waals surface area contributed by atoms with Crippen molar-refractivity contribution in [1.82, 2.24) is 15.6 Å². The second-order valence-electron chi connectivity index (χ2n) is 6.95. The number of anilines is 1. The van der Waals surface area contributed by atoms with Crippen LogP contribution in [0, 0.1) is 0 Å². The Morgan fingerprint density at radius 2 is 1.96 bits per heavy atom. The quantitative estimate of drug-likeness (QED) is 0.900. The minimum absolute atomic E-state index is 0.0432. The first-order valence-electron chi connectivity index (χ1n) is 8.80. The molecule has 3 rings (SSSR count). The van der Waals surface area contributed by atoms with E-state index in [9.17, 15) is 4.79 Å². The first kappa shape index (κ1) is 17.4. The molecule has 0 saturated carbocycles. The Kier molecular flexibility index (Phi) is 5.34. The highest BCUT2D eigenvalue weighted by molar-refractivity contribution is 5.95. The largest absolute Gasteiger partial charge is 0.378 e. The van der Waals surface area contributed by atoms with E-state index in [-0.39, 0.29) is 11.9 Å². The van der Waals surface area contributed by atoms with E-state index >= 15 is 0 Å². The van der Waals surface area contributed by atoms with E-state index < -0.39 is 0 Å². The Labute approximate surface area is 149 Å². The third kappa shape index (κ3) is 4.37. The topological polar surface area (TPSA) is 57.3 Å². The van der Waals surface area contributed by atoms with Crippen LogP contribution in [-0.2, 0) is 0 Å². The fraction of sp³-hybridized carbons (Fsp3) is 0.400. The molecule has 1 fully saturated rings. The SMILES string of the molecule is CC1CC(NC(=O)c2cncc(-c3ccc(N(C)C)cc3)c2)CCN1. The summed E-state index contributed by atoms with van der Waals surface area (Å²) >= 11 is 0. The van der Waals surface area contributed by atoms with Crippen LogP contribution in [0.4, 0.5) is 5.69 Å². The van der Waals surface area contributed by atoms with Gasteiger partial charge in [0.1, 0.15) is 0 Å². The number of pyridine rings is 1. The molecule has 25 heavy (non-hydrogen) atoms. The average molecular weight is 338 g/mol. The molecule has 2 heterocycles. The van der Waals surface area contributed by atoms with Crippen LogP contribution in [0.2, 0.25) is 0 Å². The predicted octanol–water partition coefficient (Wildman–Crippen LogP) is 2.68. The lowest BCUT2D eigenvalue weighted by atomic mass is 10.00. The van der Waals surface area contributed by atoms with Crippen molar-refractivity contribution in [3.05, 3.63) is 48.3 Å². The number of carbonyl (C=O) groups is 1. The van der Waals surface area contributed by atoms with Crippen molar-refractivity contribution in [3.63, 3.8) is 0 Å². The van der Waals surface area contributed by atoms with E-state index in [1.807, 2.05) is 20.2 Å². The van der Waals surface area contributed by atoms with Crippen molar-refractivity contribution in [2.24, 2.45) is 0 Å². The van der Waals surface area contributed by atoms with Crippen LogP contribution in [0.5, 0.6) is 0 Å². The summed E-state index contributed by atoms with van der Waals surface area (Å²) in [6.07, 6.45) is 5.37. The van der Waals surface area contributed by atoms with E-state index in [4.69, 9.17) is 0 Å². The molecular weight excluding hydrogens is 312 g/mol. The molecule has 2 atom stereocenters. The van der Waals surface area contributed by atoms with Crippen LogP contribution >= 0.6 is 0 Å². The number of nitrogens with zero attached hydrogens (tertiary/aromatic N) is 2. The highest BCUT2D eigenvalue weighted by atomic mass is 16.1. The van der Waals surface area contributed by atoms with Crippen LogP contribution in [0.15, 0.2) is 42.7 Å². The van der Waals surface area contributed by atoms with E-state index in [0.717, 1.165) is 36.2 Å². The summed E-state index contributed by atoms with van der Waals surface area (Å²) in [6.45, 7) is 3.10. The molecule has 5 nitrogen and oxygen atoms in total. The van der Waals surface area contributed by atoms with Crippen LogP contribution in [0.1, 0.15) is 30.1 Å². The molecule has 1 aliphatic heterocycles.